The van der Waals surface area contributed by atoms with Crippen LogP contribution in [0.4, 0.5) is 0 Å². The van der Waals surface area contributed by atoms with Crippen LogP contribution in [0.25, 0.3) is 10.9 Å². The van der Waals surface area contributed by atoms with Crippen LogP contribution in [0.2, 0.25) is 15.1 Å². The number of aromatic nitrogens is 2. The minimum Gasteiger partial charge on any atom is -0.451 e. The fourth-order valence-electron chi connectivity index (χ4n) is 2.29. The number of para-hydroxylation sites is 1. The van der Waals surface area contributed by atoms with Gasteiger partial charge < -0.3 is 9.72 Å². The summed E-state index contributed by atoms with van der Waals surface area (Å²) < 4.78 is 5.34. The third-order valence-corrected chi connectivity index (χ3v) is 4.67. The molecule has 5 nitrogen and oxygen atoms in total. The van der Waals surface area contributed by atoms with Crippen LogP contribution in [0.15, 0.2) is 41.2 Å². The maximum absolute atomic E-state index is 12.4. The van der Waals surface area contributed by atoms with E-state index in [1.165, 1.54) is 12.1 Å². The van der Waals surface area contributed by atoms with E-state index < -0.39 is 12.1 Å². The second-order valence-electron chi connectivity index (χ2n) is 5.23. The number of benzene rings is 2. The average Bonchev–Trinajstić information content (AvgIpc) is 2.58. The van der Waals surface area contributed by atoms with Crippen molar-refractivity contribution in [2.75, 3.05) is 0 Å². The lowest BCUT2D eigenvalue weighted by Crippen LogP contribution is -2.17. The highest BCUT2D eigenvalue weighted by molar-refractivity contribution is 6.46. The first-order valence-corrected chi connectivity index (χ1v) is 8.35. The third-order valence-electron chi connectivity index (χ3n) is 3.55. The quantitative estimate of drug-likeness (QED) is 0.509. The van der Waals surface area contributed by atoms with Gasteiger partial charge in [-0.3, -0.25) is 4.79 Å². The molecular formula is C17H11Cl3N2O3. The van der Waals surface area contributed by atoms with Gasteiger partial charge in [-0.1, -0.05) is 46.9 Å². The molecule has 0 spiro atoms. The number of H-pyrrole nitrogens is 1. The van der Waals surface area contributed by atoms with E-state index in [1.807, 2.05) is 0 Å². The lowest BCUT2D eigenvalue weighted by molar-refractivity contribution is 0.0320. The highest BCUT2D eigenvalue weighted by Crippen LogP contribution is 2.32. The predicted molar refractivity (Wildman–Crippen MR) is 97.7 cm³/mol. The van der Waals surface area contributed by atoms with Crippen molar-refractivity contribution in [2.24, 2.45) is 0 Å². The van der Waals surface area contributed by atoms with E-state index in [4.69, 9.17) is 39.5 Å². The van der Waals surface area contributed by atoms with Gasteiger partial charge in [0.05, 0.1) is 31.5 Å². The van der Waals surface area contributed by atoms with Crippen molar-refractivity contribution in [2.45, 2.75) is 13.0 Å². The molecule has 8 heteroatoms. The van der Waals surface area contributed by atoms with E-state index in [1.54, 1.807) is 31.2 Å². The molecule has 1 heterocycles. The zero-order valence-corrected chi connectivity index (χ0v) is 15.1. The molecule has 3 rings (SSSR count). The van der Waals surface area contributed by atoms with E-state index in [-0.39, 0.29) is 32.0 Å². The van der Waals surface area contributed by atoms with E-state index in [0.717, 1.165) is 0 Å². The van der Waals surface area contributed by atoms with Gasteiger partial charge in [-0.15, -0.1) is 0 Å². The molecule has 0 bridgehead atoms. The van der Waals surface area contributed by atoms with Gasteiger partial charge in [0.25, 0.3) is 5.56 Å². The van der Waals surface area contributed by atoms with Gasteiger partial charge in [0, 0.05) is 0 Å². The minimum absolute atomic E-state index is 0.00586. The first-order chi connectivity index (χ1) is 11.9. The number of esters is 1. The Kier molecular flexibility index (Phi) is 4.99. The molecule has 0 aliphatic rings. The number of rotatable bonds is 3. The van der Waals surface area contributed by atoms with Gasteiger partial charge in [0.1, 0.15) is 0 Å². The number of nitrogens with one attached hydrogen (secondary N) is 1. The third kappa shape index (κ3) is 3.49. The number of nitrogens with zero attached hydrogens (tertiary/aromatic N) is 1. The Morgan fingerprint density at radius 3 is 2.56 bits per heavy atom. The van der Waals surface area contributed by atoms with Crippen molar-refractivity contribution in [3.05, 3.63) is 73.2 Å². The summed E-state index contributed by atoms with van der Waals surface area (Å²) in [6, 6.07) is 9.80. The van der Waals surface area contributed by atoms with Crippen molar-refractivity contribution in [3.8, 4) is 0 Å². The maximum Gasteiger partial charge on any atom is 0.341 e. The van der Waals surface area contributed by atoms with Gasteiger partial charge in [-0.05, 0) is 31.2 Å². The summed E-state index contributed by atoms with van der Waals surface area (Å²) in [6.07, 6.45) is -0.823. The number of aromatic amines is 1. The SMILES string of the molecule is C[C@@H](OC(=O)c1c(Cl)ccc(Cl)c1Cl)c1nc2ccccc2c(=O)[nH]1. The summed E-state index contributed by atoms with van der Waals surface area (Å²) in [5.41, 5.74) is 0.149. The zero-order valence-electron chi connectivity index (χ0n) is 12.8. The summed E-state index contributed by atoms with van der Waals surface area (Å²) in [4.78, 5) is 31.5. The van der Waals surface area contributed by atoms with Crippen molar-refractivity contribution < 1.29 is 9.53 Å². The minimum atomic E-state index is -0.823. The van der Waals surface area contributed by atoms with Crippen LogP contribution in [0.1, 0.15) is 29.2 Å². The van der Waals surface area contributed by atoms with Gasteiger partial charge in [-0.25, -0.2) is 9.78 Å². The molecule has 128 valence electrons. The van der Waals surface area contributed by atoms with Gasteiger partial charge in [0.15, 0.2) is 11.9 Å². The second kappa shape index (κ2) is 7.04. The summed E-state index contributed by atoms with van der Waals surface area (Å²) in [7, 11) is 0. The average molecular weight is 398 g/mol. The first-order valence-electron chi connectivity index (χ1n) is 7.22. The van der Waals surface area contributed by atoms with E-state index in [9.17, 15) is 9.59 Å². The molecule has 0 amide bonds. The summed E-state index contributed by atoms with van der Waals surface area (Å²) >= 11 is 18.0. The lowest BCUT2D eigenvalue weighted by atomic mass is 10.2. The van der Waals surface area contributed by atoms with E-state index in [2.05, 4.69) is 9.97 Å². The van der Waals surface area contributed by atoms with Crippen molar-refractivity contribution >= 4 is 51.7 Å². The monoisotopic (exact) mass is 396 g/mol. The Bertz CT molecular complexity index is 1030. The Morgan fingerprint density at radius 2 is 1.80 bits per heavy atom. The van der Waals surface area contributed by atoms with Gasteiger partial charge in [0.2, 0.25) is 0 Å². The standard InChI is InChI=1S/C17H11Cl3N2O3/c1-8(15-21-12-5-3-2-4-9(12)16(23)22-15)25-17(24)13-10(18)6-7-11(19)14(13)20/h2-8H,1H3,(H,21,22,23)/t8-/m1/s1. The molecule has 0 radical (unpaired) electrons. The van der Waals surface area contributed by atoms with Crippen LogP contribution >= 0.6 is 34.8 Å². The molecule has 0 fully saturated rings. The molecular weight excluding hydrogens is 387 g/mol. The van der Waals surface area contributed by atoms with E-state index >= 15 is 0 Å². The predicted octanol–water partition coefficient (Wildman–Crippen LogP) is 4.80. The fraction of sp³-hybridized carbons (Fsp3) is 0.118. The number of hydrogen-bond acceptors (Lipinski definition) is 4. The van der Waals surface area contributed by atoms with Crippen molar-refractivity contribution in [1.82, 2.24) is 9.97 Å². The van der Waals surface area contributed by atoms with Crippen LogP contribution < -0.4 is 5.56 Å². The molecule has 0 saturated heterocycles. The molecule has 0 aliphatic heterocycles. The molecule has 25 heavy (non-hydrogen) atoms. The number of carbonyl (C=O) groups excluding carboxylic acids is 1. The van der Waals surface area contributed by atoms with E-state index in [0.29, 0.717) is 10.9 Å². The lowest BCUT2D eigenvalue weighted by Gasteiger charge is -2.14. The highest BCUT2D eigenvalue weighted by atomic mass is 35.5. The number of fused-ring (bicyclic) bond motifs is 1. The highest BCUT2D eigenvalue weighted by Gasteiger charge is 2.22. The number of halogens is 3. The van der Waals surface area contributed by atoms with Crippen LogP contribution in [-0.4, -0.2) is 15.9 Å². The Labute approximate surface area is 157 Å². The molecule has 0 unspecified atom stereocenters. The van der Waals surface area contributed by atoms with Gasteiger partial charge in [-0.2, -0.15) is 0 Å². The first kappa shape index (κ1) is 17.7. The molecule has 2 aromatic carbocycles. The Morgan fingerprint density at radius 1 is 1.12 bits per heavy atom. The Balaban J connectivity index is 1.93. The smallest absolute Gasteiger partial charge is 0.341 e. The van der Waals surface area contributed by atoms with Crippen molar-refractivity contribution in [1.29, 1.82) is 0 Å². The molecule has 1 aromatic heterocycles. The van der Waals surface area contributed by atoms with Crippen LogP contribution in [0, 0.1) is 0 Å². The van der Waals surface area contributed by atoms with Crippen LogP contribution in [0.3, 0.4) is 0 Å². The normalized spacial score (nSPS) is 12.2. The molecule has 1 atom stereocenters. The summed E-state index contributed by atoms with van der Waals surface area (Å²) in [5, 5.41) is 0.756. The zero-order chi connectivity index (χ0) is 18.1. The molecule has 0 aliphatic carbocycles. The summed E-state index contributed by atoms with van der Waals surface area (Å²) in [6.45, 7) is 1.58. The van der Waals surface area contributed by atoms with Crippen molar-refractivity contribution in [3.63, 3.8) is 0 Å². The fourth-order valence-corrected chi connectivity index (χ4v) is 2.97. The molecule has 0 saturated carbocycles. The largest absolute Gasteiger partial charge is 0.451 e. The van der Waals surface area contributed by atoms with Crippen LogP contribution in [-0.2, 0) is 4.74 Å². The number of carbonyl (C=O) groups is 1. The second-order valence-corrected chi connectivity index (χ2v) is 6.43. The van der Waals surface area contributed by atoms with Crippen LogP contribution in [0.5, 0.6) is 0 Å². The number of hydrogen-bond donors (Lipinski definition) is 1. The molecule has 3 aromatic rings. The Hall–Kier alpha value is -2.08. The number of ether oxygens (including phenoxy) is 1. The topological polar surface area (TPSA) is 72.0 Å². The van der Waals surface area contributed by atoms with Gasteiger partial charge >= 0.3 is 5.97 Å². The summed E-state index contributed by atoms with van der Waals surface area (Å²) in [5.74, 6) is -0.549. The molecule has 1 N–H and O–H groups in total. The maximum atomic E-state index is 12.4.